The molecule has 2 aromatic rings. The SMILES string of the molecule is FC(F)(F)c1cccc(NCCc2ccco2)n1. The molecule has 0 fully saturated rings. The minimum absolute atomic E-state index is 0.205. The molecule has 0 bridgehead atoms. The lowest BCUT2D eigenvalue weighted by Crippen LogP contribution is -2.11. The molecule has 6 heteroatoms. The van der Waals surface area contributed by atoms with Gasteiger partial charge in [-0.3, -0.25) is 0 Å². The van der Waals surface area contributed by atoms with Gasteiger partial charge in [0, 0.05) is 13.0 Å². The molecular formula is C12H11F3N2O. The summed E-state index contributed by atoms with van der Waals surface area (Å²) in [6.45, 7) is 0.460. The van der Waals surface area contributed by atoms with Crippen LogP contribution in [0.3, 0.4) is 0 Å². The lowest BCUT2D eigenvalue weighted by Gasteiger charge is -2.08. The fourth-order valence-electron chi connectivity index (χ4n) is 1.46. The molecule has 0 unspecified atom stereocenters. The maximum Gasteiger partial charge on any atom is 0.433 e. The Balaban J connectivity index is 1.93. The van der Waals surface area contributed by atoms with Gasteiger partial charge in [0.15, 0.2) is 0 Å². The van der Waals surface area contributed by atoms with Gasteiger partial charge in [-0.1, -0.05) is 6.07 Å². The molecule has 0 aliphatic heterocycles. The molecule has 0 radical (unpaired) electrons. The first-order valence-corrected chi connectivity index (χ1v) is 5.36. The zero-order chi connectivity index (χ0) is 13.0. The summed E-state index contributed by atoms with van der Waals surface area (Å²) in [5, 5.41) is 2.82. The molecule has 0 saturated heterocycles. The van der Waals surface area contributed by atoms with Gasteiger partial charge in [-0.15, -0.1) is 0 Å². The molecule has 0 aliphatic carbocycles. The van der Waals surface area contributed by atoms with Crippen molar-refractivity contribution in [3.63, 3.8) is 0 Å². The number of alkyl halides is 3. The van der Waals surface area contributed by atoms with Crippen molar-refractivity contribution in [1.29, 1.82) is 0 Å². The van der Waals surface area contributed by atoms with E-state index in [1.165, 1.54) is 12.1 Å². The maximum atomic E-state index is 12.4. The fourth-order valence-corrected chi connectivity index (χ4v) is 1.46. The standard InChI is InChI=1S/C12H11F3N2O/c13-12(14,15)10-4-1-5-11(17-10)16-7-6-9-3-2-8-18-9/h1-5,8H,6-7H2,(H,16,17). The third-order valence-corrected chi connectivity index (χ3v) is 2.30. The normalized spacial score (nSPS) is 11.5. The van der Waals surface area contributed by atoms with Gasteiger partial charge in [-0.25, -0.2) is 4.98 Å². The summed E-state index contributed by atoms with van der Waals surface area (Å²) in [7, 11) is 0. The quantitative estimate of drug-likeness (QED) is 0.911. The smallest absolute Gasteiger partial charge is 0.433 e. The number of furan rings is 1. The summed E-state index contributed by atoms with van der Waals surface area (Å²) in [5.41, 5.74) is -0.898. The molecule has 0 amide bonds. The number of aromatic nitrogens is 1. The van der Waals surface area contributed by atoms with Crippen LogP contribution in [0.1, 0.15) is 11.5 Å². The van der Waals surface area contributed by atoms with E-state index >= 15 is 0 Å². The summed E-state index contributed by atoms with van der Waals surface area (Å²) >= 11 is 0. The zero-order valence-electron chi connectivity index (χ0n) is 9.37. The molecule has 2 rings (SSSR count). The Morgan fingerprint density at radius 1 is 1.17 bits per heavy atom. The van der Waals surface area contributed by atoms with E-state index in [4.69, 9.17) is 4.42 Å². The average Bonchev–Trinajstić information content (AvgIpc) is 2.81. The Morgan fingerprint density at radius 2 is 2.00 bits per heavy atom. The second kappa shape index (κ2) is 5.12. The molecule has 96 valence electrons. The Morgan fingerprint density at radius 3 is 2.67 bits per heavy atom. The molecule has 1 N–H and O–H groups in total. The van der Waals surface area contributed by atoms with Crippen LogP contribution in [-0.4, -0.2) is 11.5 Å². The molecule has 0 saturated carbocycles. The molecule has 0 aromatic carbocycles. The van der Waals surface area contributed by atoms with Crippen molar-refractivity contribution < 1.29 is 17.6 Å². The maximum absolute atomic E-state index is 12.4. The van der Waals surface area contributed by atoms with E-state index in [-0.39, 0.29) is 5.82 Å². The lowest BCUT2D eigenvalue weighted by atomic mass is 10.3. The van der Waals surface area contributed by atoms with Crippen LogP contribution in [-0.2, 0) is 12.6 Å². The van der Waals surface area contributed by atoms with Crippen LogP contribution >= 0.6 is 0 Å². The summed E-state index contributed by atoms with van der Waals surface area (Å²) < 4.78 is 42.3. The first-order chi connectivity index (χ1) is 8.55. The molecule has 0 aliphatic rings. The third kappa shape index (κ3) is 3.26. The molecule has 0 atom stereocenters. The number of hydrogen-bond donors (Lipinski definition) is 1. The number of nitrogens with one attached hydrogen (secondary N) is 1. The van der Waals surface area contributed by atoms with Gasteiger partial charge in [0.25, 0.3) is 0 Å². The van der Waals surface area contributed by atoms with Gasteiger partial charge >= 0.3 is 6.18 Å². The van der Waals surface area contributed by atoms with E-state index in [0.717, 1.165) is 11.8 Å². The number of nitrogens with zero attached hydrogens (tertiary/aromatic N) is 1. The zero-order valence-corrected chi connectivity index (χ0v) is 9.37. The molecule has 2 heterocycles. The van der Waals surface area contributed by atoms with E-state index in [1.54, 1.807) is 18.4 Å². The van der Waals surface area contributed by atoms with Crippen molar-refractivity contribution in [3.8, 4) is 0 Å². The van der Waals surface area contributed by atoms with Gasteiger partial charge in [0.1, 0.15) is 17.3 Å². The summed E-state index contributed by atoms with van der Waals surface area (Å²) in [6.07, 6.45) is -2.28. The average molecular weight is 256 g/mol. The highest BCUT2D eigenvalue weighted by molar-refractivity contribution is 5.36. The van der Waals surface area contributed by atoms with E-state index in [1.807, 2.05) is 0 Å². The van der Waals surface area contributed by atoms with Crippen LogP contribution in [0.4, 0.5) is 19.0 Å². The van der Waals surface area contributed by atoms with Crippen molar-refractivity contribution >= 4 is 5.82 Å². The number of halogens is 3. The van der Waals surface area contributed by atoms with Crippen molar-refractivity contribution in [2.45, 2.75) is 12.6 Å². The molecule has 0 spiro atoms. The number of rotatable bonds is 4. The largest absolute Gasteiger partial charge is 0.469 e. The number of pyridine rings is 1. The van der Waals surface area contributed by atoms with E-state index < -0.39 is 11.9 Å². The van der Waals surface area contributed by atoms with Crippen LogP contribution in [0.5, 0.6) is 0 Å². The Labute approximate surface area is 102 Å². The lowest BCUT2D eigenvalue weighted by molar-refractivity contribution is -0.141. The molecule has 18 heavy (non-hydrogen) atoms. The minimum Gasteiger partial charge on any atom is -0.469 e. The fraction of sp³-hybridized carbons (Fsp3) is 0.250. The van der Waals surface area contributed by atoms with Crippen LogP contribution in [0.25, 0.3) is 0 Å². The number of anilines is 1. The van der Waals surface area contributed by atoms with Gasteiger partial charge in [-0.05, 0) is 24.3 Å². The highest BCUT2D eigenvalue weighted by Crippen LogP contribution is 2.28. The monoisotopic (exact) mass is 256 g/mol. The first kappa shape index (κ1) is 12.5. The van der Waals surface area contributed by atoms with Crippen LogP contribution in [0, 0.1) is 0 Å². The Bertz CT molecular complexity index is 494. The highest BCUT2D eigenvalue weighted by atomic mass is 19.4. The van der Waals surface area contributed by atoms with Crippen molar-refractivity contribution in [3.05, 3.63) is 48.0 Å². The van der Waals surface area contributed by atoms with Crippen LogP contribution < -0.4 is 5.32 Å². The van der Waals surface area contributed by atoms with Crippen LogP contribution in [0.2, 0.25) is 0 Å². The second-order valence-electron chi connectivity index (χ2n) is 3.66. The summed E-state index contributed by atoms with van der Waals surface area (Å²) in [5.74, 6) is 0.978. The van der Waals surface area contributed by atoms with Crippen molar-refractivity contribution in [1.82, 2.24) is 4.98 Å². The van der Waals surface area contributed by atoms with Gasteiger partial charge in [0.05, 0.1) is 6.26 Å². The predicted molar refractivity (Wildman–Crippen MR) is 60.1 cm³/mol. The topological polar surface area (TPSA) is 38.1 Å². The van der Waals surface area contributed by atoms with E-state index in [0.29, 0.717) is 13.0 Å². The van der Waals surface area contributed by atoms with E-state index in [2.05, 4.69) is 10.3 Å². The second-order valence-corrected chi connectivity index (χ2v) is 3.66. The van der Waals surface area contributed by atoms with Crippen molar-refractivity contribution in [2.75, 3.05) is 11.9 Å². The minimum atomic E-state index is -4.42. The van der Waals surface area contributed by atoms with Gasteiger partial charge in [0.2, 0.25) is 0 Å². The Kier molecular flexibility index (Phi) is 3.55. The third-order valence-electron chi connectivity index (χ3n) is 2.30. The summed E-state index contributed by atoms with van der Waals surface area (Å²) in [4.78, 5) is 3.50. The van der Waals surface area contributed by atoms with Crippen LogP contribution in [0.15, 0.2) is 41.0 Å². The number of hydrogen-bond acceptors (Lipinski definition) is 3. The highest BCUT2D eigenvalue weighted by Gasteiger charge is 2.32. The summed E-state index contributed by atoms with van der Waals surface area (Å²) in [6, 6.07) is 7.33. The molecular weight excluding hydrogens is 245 g/mol. The van der Waals surface area contributed by atoms with E-state index in [9.17, 15) is 13.2 Å². The molecule has 2 aromatic heterocycles. The van der Waals surface area contributed by atoms with Gasteiger partial charge in [-0.2, -0.15) is 13.2 Å². The predicted octanol–water partition coefficient (Wildman–Crippen LogP) is 3.35. The van der Waals surface area contributed by atoms with Gasteiger partial charge < -0.3 is 9.73 Å². The first-order valence-electron chi connectivity index (χ1n) is 5.36. The molecule has 3 nitrogen and oxygen atoms in total. The van der Waals surface area contributed by atoms with Crippen molar-refractivity contribution in [2.24, 2.45) is 0 Å². The Hall–Kier alpha value is -1.98.